The number of carbonyl (C=O) groups excluding carboxylic acids is 1. The zero-order chi connectivity index (χ0) is 15.1. The zero-order valence-corrected chi connectivity index (χ0v) is 12.9. The SMILES string of the molecule is CCN(CCCN(C)C)c1cc(C(=O)NC)ccc1N. The maximum Gasteiger partial charge on any atom is 0.251 e. The number of hydrogen-bond acceptors (Lipinski definition) is 4. The second-order valence-corrected chi connectivity index (χ2v) is 5.09. The molecule has 1 amide bonds. The molecule has 0 aromatic heterocycles. The van der Waals surface area contributed by atoms with Gasteiger partial charge in [0.25, 0.3) is 5.91 Å². The molecule has 0 bridgehead atoms. The van der Waals surface area contributed by atoms with Gasteiger partial charge in [0.2, 0.25) is 0 Å². The monoisotopic (exact) mass is 278 g/mol. The van der Waals surface area contributed by atoms with Gasteiger partial charge in [-0.3, -0.25) is 4.79 Å². The Morgan fingerprint density at radius 3 is 2.55 bits per heavy atom. The quantitative estimate of drug-likeness (QED) is 0.740. The van der Waals surface area contributed by atoms with Crippen molar-refractivity contribution in [3.8, 4) is 0 Å². The Hall–Kier alpha value is -1.75. The molecular weight excluding hydrogens is 252 g/mol. The van der Waals surface area contributed by atoms with Crippen LogP contribution in [0.25, 0.3) is 0 Å². The summed E-state index contributed by atoms with van der Waals surface area (Å²) in [7, 11) is 5.76. The number of nitrogens with zero attached hydrogens (tertiary/aromatic N) is 2. The molecule has 1 aromatic carbocycles. The van der Waals surface area contributed by atoms with Crippen LogP contribution in [0, 0.1) is 0 Å². The molecule has 1 aromatic rings. The van der Waals surface area contributed by atoms with Crippen LogP contribution in [0.3, 0.4) is 0 Å². The van der Waals surface area contributed by atoms with Crippen LogP contribution in [0.2, 0.25) is 0 Å². The fourth-order valence-electron chi connectivity index (χ4n) is 2.13. The fraction of sp³-hybridized carbons (Fsp3) is 0.533. The van der Waals surface area contributed by atoms with Crippen molar-refractivity contribution >= 4 is 17.3 Å². The van der Waals surface area contributed by atoms with E-state index >= 15 is 0 Å². The Morgan fingerprint density at radius 2 is 2.00 bits per heavy atom. The number of nitrogen functional groups attached to an aromatic ring is 1. The number of nitrogens with one attached hydrogen (secondary N) is 1. The Labute approximate surface area is 121 Å². The molecule has 3 N–H and O–H groups in total. The maximum atomic E-state index is 11.7. The highest BCUT2D eigenvalue weighted by molar-refractivity contribution is 5.96. The molecule has 0 aliphatic heterocycles. The van der Waals surface area contributed by atoms with E-state index in [1.54, 1.807) is 19.2 Å². The first-order valence-electron chi connectivity index (χ1n) is 7.00. The summed E-state index contributed by atoms with van der Waals surface area (Å²) in [5, 5.41) is 2.64. The minimum Gasteiger partial charge on any atom is -0.397 e. The van der Waals surface area contributed by atoms with Crippen LogP contribution >= 0.6 is 0 Å². The molecule has 0 saturated carbocycles. The number of carbonyl (C=O) groups is 1. The number of rotatable bonds is 7. The van der Waals surface area contributed by atoms with Crippen LogP contribution in [-0.2, 0) is 0 Å². The van der Waals surface area contributed by atoms with Crippen LogP contribution in [0.1, 0.15) is 23.7 Å². The summed E-state index contributed by atoms with van der Waals surface area (Å²) in [6.45, 7) is 4.93. The van der Waals surface area contributed by atoms with E-state index in [0.717, 1.165) is 31.7 Å². The molecule has 0 unspecified atom stereocenters. The average molecular weight is 278 g/mol. The molecule has 0 atom stereocenters. The van der Waals surface area contributed by atoms with Gasteiger partial charge in [-0.15, -0.1) is 0 Å². The van der Waals surface area contributed by atoms with Crippen molar-refractivity contribution < 1.29 is 4.79 Å². The lowest BCUT2D eigenvalue weighted by atomic mass is 10.1. The van der Waals surface area contributed by atoms with Gasteiger partial charge in [0, 0.05) is 25.7 Å². The Morgan fingerprint density at radius 1 is 1.30 bits per heavy atom. The molecule has 5 heteroatoms. The van der Waals surface area contributed by atoms with Crippen LogP contribution in [0.5, 0.6) is 0 Å². The summed E-state index contributed by atoms with van der Waals surface area (Å²) in [6.07, 6.45) is 1.06. The molecule has 0 aliphatic rings. The lowest BCUT2D eigenvalue weighted by Crippen LogP contribution is -2.28. The number of hydrogen-bond donors (Lipinski definition) is 2. The minimum absolute atomic E-state index is 0.0874. The van der Waals surface area contributed by atoms with Gasteiger partial charge in [-0.1, -0.05) is 0 Å². The van der Waals surface area contributed by atoms with Gasteiger partial charge in [0.15, 0.2) is 0 Å². The molecule has 0 saturated heterocycles. The lowest BCUT2D eigenvalue weighted by molar-refractivity contribution is 0.0963. The summed E-state index contributed by atoms with van der Waals surface area (Å²) in [5.74, 6) is -0.0874. The predicted octanol–water partition coefficient (Wildman–Crippen LogP) is 1.41. The highest BCUT2D eigenvalue weighted by atomic mass is 16.1. The second-order valence-electron chi connectivity index (χ2n) is 5.09. The summed E-state index contributed by atoms with van der Waals surface area (Å²) in [5.41, 5.74) is 8.35. The van der Waals surface area contributed by atoms with E-state index in [4.69, 9.17) is 5.73 Å². The van der Waals surface area contributed by atoms with Crippen LogP contribution in [-0.4, -0.2) is 51.6 Å². The van der Waals surface area contributed by atoms with Gasteiger partial charge in [-0.2, -0.15) is 0 Å². The molecule has 0 radical (unpaired) electrons. The zero-order valence-electron chi connectivity index (χ0n) is 12.9. The number of benzene rings is 1. The maximum absolute atomic E-state index is 11.7. The molecule has 0 heterocycles. The van der Waals surface area contributed by atoms with E-state index in [9.17, 15) is 4.79 Å². The van der Waals surface area contributed by atoms with E-state index in [-0.39, 0.29) is 5.91 Å². The number of nitrogens with two attached hydrogens (primary N) is 1. The van der Waals surface area contributed by atoms with Crippen molar-refractivity contribution in [2.75, 3.05) is 51.4 Å². The van der Waals surface area contributed by atoms with Crippen molar-refractivity contribution in [3.63, 3.8) is 0 Å². The van der Waals surface area contributed by atoms with Gasteiger partial charge in [-0.05, 0) is 52.2 Å². The Balaban J connectivity index is 2.87. The molecule has 0 fully saturated rings. The topological polar surface area (TPSA) is 61.6 Å². The largest absolute Gasteiger partial charge is 0.397 e. The molecule has 1 rings (SSSR count). The second kappa shape index (κ2) is 7.75. The fourth-order valence-corrected chi connectivity index (χ4v) is 2.13. The minimum atomic E-state index is -0.0874. The summed E-state index contributed by atoms with van der Waals surface area (Å²) in [4.78, 5) is 16.1. The molecule has 0 spiro atoms. The molecule has 112 valence electrons. The van der Waals surface area contributed by atoms with E-state index in [0.29, 0.717) is 11.3 Å². The van der Waals surface area contributed by atoms with Gasteiger partial charge in [-0.25, -0.2) is 0 Å². The first-order chi connectivity index (χ1) is 9.49. The van der Waals surface area contributed by atoms with Crippen LogP contribution < -0.4 is 16.0 Å². The van der Waals surface area contributed by atoms with E-state index in [2.05, 4.69) is 36.1 Å². The summed E-state index contributed by atoms with van der Waals surface area (Å²) < 4.78 is 0. The number of anilines is 2. The Bertz CT molecular complexity index is 445. The number of amides is 1. The third-order valence-electron chi connectivity index (χ3n) is 3.28. The van der Waals surface area contributed by atoms with Gasteiger partial charge >= 0.3 is 0 Å². The van der Waals surface area contributed by atoms with E-state index in [1.165, 1.54) is 0 Å². The van der Waals surface area contributed by atoms with Crippen molar-refractivity contribution in [2.24, 2.45) is 0 Å². The normalized spacial score (nSPS) is 10.7. The molecule has 20 heavy (non-hydrogen) atoms. The van der Waals surface area contributed by atoms with E-state index in [1.807, 2.05) is 6.07 Å². The summed E-state index contributed by atoms with van der Waals surface area (Å²) >= 11 is 0. The van der Waals surface area contributed by atoms with Gasteiger partial charge in [0.05, 0.1) is 11.4 Å². The standard InChI is InChI=1S/C15H26N4O/c1-5-19(10-6-9-18(3)4)14-11-12(15(20)17-2)7-8-13(14)16/h7-8,11H,5-6,9-10,16H2,1-4H3,(H,17,20). The first-order valence-corrected chi connectivity index (χ1v) is 7.00. The summed E-state index contributed by atoms with van der Waals surface area (Å²) in [6, 6.07) is 5.42. The smallest absolute Gasteiger partial charge is 0.251 e. The van der Waals surface area contributed by atoms with Crippen molar-refractivity contribution in [3.05, 3.63) is 23.8 Å². The van der Waals surface area contributed by atoms with Gasteiger partial charge in [0.1, 0.15) is 0 Å². The highest BCUT2D eigenvalue weighted by Crippen LogP contribution is 2.24. The lowest BCUT2D eigenvalue weighted by Gasteiger charge is -2.25. The van der Waals surface area contributed by atoms with Crippen molar-refractivity contribution in [2.45, 2.75) is 13.3 Å². The van der Waals surface area contributed by atoms with E-state index < -0.39 is 0 Å². The Kier molecular flexibility index (Phi) is 6.31. The van der Waals surface area contributed by atoms with Crippen molar-refractivity contribution in [1.82, 2.24) is 10.2 Å². The van der Waals surface area contributed by atoms with Crippen LogP contribution in [0.4, 0.5) is 11.4 Å². The third kappa shape index (κ3) is 4.42. The highest BCUT2D eigenvalue weighted by Gasteiger charge is 2.12. The first kappa shape index (κ1) is 16.3. The van der Waals surface area contributed by atoms with Crippen molar-refractivity contribution in [1.29, 1.82) is 0 Å². The predicted molar refractivity (Wildman–Crippen MR) is 85.3 cm³/mol. The molecule has 5 nitrogen and oxygen atoms in total. The molecular formula is C15H26N4O. The molecule has 0 aliphatic carbocycles. The van der Waals surface area contributed by atoms with Gasteiger partial charge < -0.3 is 20.9 Å². The average Bonchev–Trinajstić information content (AvgIpc) is 2.43. The third-order valence-corrected chi connectivity index (χ3v) is 3.28. The van der Waals surface area contributed by atoms with Crippen LogP contribution in [0.15, 0.2) is 18.2 Å².